The van der Waals surface area contributed by atoms with Crippen LogP contribution in [0, 0.1) is 6.92 Å². The maximum absolute atomic E-state index is 12.7. The number of esters is 2. The van der Waals surface area contributed by atoms with Crippen molar-refractivity contribution in [3.05, 3.63) is 114 Å². The van der Waals surface area contributed by atoms with Crippen LogP contribution in [0.3, 0.4) is 0 Å². The van der Waals surface area contributed by atoms with Crippen LogP contribution in [0.4, 0.5) is 0 Å². The first-order chi connectivity index (χ1) is 20.3. The maximum Gasteiger partial charge on any atom is 0.341 e. The highest BCUT2D eigenvalue weighted by atomic mass is 16.5. The van der Waals surface area contributed by atoms with Gasteiger partial charge in [-0.3, -0.25) is 4.79 Å². The molecule has 0 aliphatic carbocycles. The SMILES string of the molecule is C=CC(=O)OCCCCCCOc1ccc(/C=C/C(=O)c2ccc(-c3ccc(OC(=O)C(=C)CO)cc3C)cc2)cc1. The number of unbranched alkanes of at least 4 members (excludes halogenated alkanes) is 3. The van der Waals surface area contributed by atoms with E-state index < -0.39 is 12.6 Å². The Morgan fingerprint density at radius 2 is 1.52 bits per heavy atom. The molecule has 0 heterocycles. The minimum absolute atomic E-state index is 0.0151. The fourth-order valence-electron chi connectivity index (χ4n) is 4.00. The van der Waals surface area contributed by atoms with Gasteiger partial charge in [-0.05, 0) is 85.2 Å². The summed E-state index contributed by atoms with van der Waals surface area (Å²) in [5.74, 6) is -0.0313. The van der Waals surface area contributed by atoms with Gasteiger partial charge in [-0.1, -0.05) is 61.7 Å². The first-order valence-corrected chi connectivity index (χ1v) is 13.8. The van der Waals surface area contributed by atoms with Crippen LogP contribution < -0.4 is 9.47 Å². The number of hydrogen-bond acceptors (Lipinski definition) is 7. The van der Waals surface area contributed by atoms with Crippen molar-refractivity contribution < 1.29 is 33.7 Å². The summed E-state index contributed by atoms with van der Waals surface area (Å²) in [6, 6.07) is 20.2. The number of ether oxygens (including phenoxy) is 3. The van der Waals surface area contributed by atoms with Crippen LogP contribution in [0.25, 0.3) is 17.2 Å². The molecule has 0 amide bonds. The van der Waals surface area contributed by atoms with Crippen LogP contribution in [0.2, 0.25) is 0 Å². The third kappa shape index (κ3) is 10.0. The zero-order chi connectivity index (χ0) is 30.3. The largest absolute Gasteiger partial charge is 0.494 e. The van der Waals surface area contributed by atoms with E-state index in [9.17, 15) is 14.4 Å². The highest BCUT2D eigenvalue weighted by Crippen LogP contribution is 2.28. The molecule has 0 radical (unpaired) electrons. The zero-order valence-corrected chi connectivity index (χ0v) is 23.8. The number of rotatable bonds is 16. The fraction of sp³-hybridized carbons (Fsp3) is 0.229. The molecule has 3 aromatic carbocycles. The fourth-order valence-corrected chi connectivity index (χ4v) is 4.00. The van der Waals surface area contributed by atoms with Gasteiger partial charge in [0.25, 0.3) is 0 Å². The summed E-state index contributed by atoms with van der Waals surface area (Å²) in [5.41, 5.74) is 4.21. The summed E-state index contributed by atoms with van der Waals surface area (Å²) in [6.07, 6.45) is 8.17. The number of benzene rings is 3. The van der Waals surface area contributed by atoms with E-state index in [0.717, 1.165) is 53.7 Å². The Morgan fingerprint density at radius 1 is 0.857 bits per heavy atom. The minimum atomic E-state index is -0.671. The maximum atomic E-state index is 12.7. The smallest absolute Gasteiger partial charge is 0.341 e. The monoisotopic (exact) mass is 568 g/mol. The number of aryl methyl sites for hydroxylation is 1. The number of carbonyl (C=O) groups is 3. The molecule has 218 valence electrons. The lowest BCUT2D eigenvalue weighted by Gasteiger charge is -2.10. The Bertz CT molecular complexity index is 1420. The van der Waals surface area contributed by atoms with Crippen molar-refractivity contribution in [3.63, 3.8) is 0 Å². The molecule has 0 aliphatic rings. The quantitative estimate of drug-likeness (QED) is 0.0676. The van der Waals surface area contributed by atoms with Gasteiger partial charge in [0.15, 0.2) is 5.78 Å². The van der Waals surface area contributed by atoms with Crippen molar-refractivity contribution in [1.29, 1.82) is 0 Å². The first-order valence-electron chi connectivity index (χ1n) is 13.8. The third-order valence-electron chi connectivity index (χ3n) is 6.39. The average molecular weight is 569 g/mol. The first kappa shape index (κ1) is 31.8. The van der Waals surface area contributed by atoms with E-state index in [1.54, 1.807) is 36.4 Å². The highest BCUT2D eigenvalue weighted by Gasteiger charge is 2.11. The topological polar surface area (TPSA) is 99.1 Å². The third-order valence-corrected chi connectivity index (χ3v) is 6.39. The molecule has 3 aromatic rings. The van der Waals surface area contributed by atoms with Crippen molar-refractivity contribution in [3.8, 4) is 22.6 Å². The van der Waals surface area contributed by atoms with E-state index in [2.05, 4.69) is 13.2 Å². The number of aliphatic hydroxyl groups is 1. The lowest BCUT2D eigenvalue weighted by Crippen LogP contribution is -2.12. The van der Waals surface area contributed by atoms with Gasteiger partial charge in [0.05, 0.1) is 25.4 Å². The molecule has 0 bridgehead atoms. The van der Waals surface area contributed by atoms with Gasteiger partial charge >= 0.3 is 11.9 Å². The summed E-state index contributed by atoms with van der Waals surface area (Å²) in [5, 5.41) is 9.02. The van der Waals surface area contributed by atoms with Crippen molar-refractivity contribution in [2.75, 3.05) is 19.8 Å². The Labute approximate surface area is 246 Å². The lowest BCUT2D eigenvalue weighted by molar-refractivity contribution is -0.137. The summed E-state index contributed by atoms with van der Waals surface area (Å²) in [7, 11) is 0. The van der Waals surface area contributed by atoms with Crippen LogP contribution in [0.1, 0.15) is 47.2 Å². The molecule has 0 atom stereocenters. The summed E-state index contributed by atoms with van der Waals surface area (Å²) < 4.78 is 16.0. The number of hydrogen-bond donors (Lipinski definition) is 1. The van der Waals surface area contributed by atoms with Crippen molar-refractivity contribution in [1.82, 2.24) is 0 Å². The van der Waals surface area contributed by atoms with E-state index in [4.69, 9.17) is 19.3 Å². The molecule has 1 N–H and O–H groups in total. The molecule has 0 aromatic heterocycles. The Kier molecular flexibility index (Phi) is 12.5. The molecule has 0 fully saturated rings. The van der Waals surface area contributed by atoms with Crippen LogP contribution in [-0.4, -0.2) is 42.6 Å². The molecule has 42 heavy (non-hydrogen) atoms. The lowest BCUT2D eigenvalue weighted by atomic mass is 9.98. The number of aliphatic hydroxyl groups excluding tert-OH is 1. The molecule has 7 heteroatoms. The van der Waals surface area contributed by atoms with E-state index in [-0.39, 0.29) is 17.3 Å². The van der Waals surface area contributed by atoms with E-state index in [1.165, 1.54) is 6.08 Å². The molecular weight excluding hydrogens is 532 g/mol. The van der Waals surface area contributed by atoms with Gasteiger partial charge in [-0.25, -0.2) is 9.59 Å². The predicted octanol–water partition coefficient (Wildman–Crippen LogP) is 6.68. The van der Waals surface area contributed by atoms with Gasteiger partial charge in [0.1, 0.15) is 11.5 Å². The van der Waals surface area contributed by atoms with Crippen LogP contribution >= 0.6 is 0 Å². The predicted molar refractivity (Wildman–Crippen MR) is 163 cm³/mol. The van der Waals surface area contributed by atoms with E-state index in [1.807, 2.05) is 49.4 Å². The van der Waals surface area contributed by atoms with Crippen LogP contribution in [-0.2, 0) is 14.3 Å². The standard InChI is InChI=1S/C35H36O7/c1-4-34(38)41-22-8-6-5-7-21-40-30-16-9-27(10-17-30)11-20-33(37)29-14-12-28(13-15-29)32-19-18-31(23-25(32)2)42-35(39)26(3)24-36/h4,9-20,23,36H,1,3,5-8,21-22,24H2,2H3/b20-11+. The average Bonchev–Trinajstić information content (AvgIpc) is 3.01. The van der Waals surface area contributed by atoms with E-state index in [0.29, 0.717) is 24.5 Å². The van der Waals surface area contributed by atoms with Gasteiger partial charge in [0.2, 0.25) is 0 Å². The molecule has 0 saturated heterocycles. The molecular formula is C35H36O7. The Morgan fingerprint density at radius 3 is 2.17 bits per heavy atom. The van der Waals surface area contributed by atoms with Crippen molar-refractivity contribution in [2.24, 2.45) is 0 Å². The molecule has 0 spiro atoms. The highest BCUT2D eigenvalue weighted by molar-refractivity contribution is 6.07. The van der Waals surface area contributed by atoms with Crippen LogP contribution in [0.15, 0.2) is 97.6 Å². The molecule has 0 aliphatic heterocycles. The molecule has 7 nitrogen and oxygen atoms in total. The second-order valence-corrected chi connectivity index (χ2v) is 9.61. The number of ketones is 1. The minimum Gasteiger partial charge on any atom is -0.494 e. The Hall–Kier alpha value is -4.75. The second kappa shape index (κ2) is 16.5. The second-order valence-electron chi connectivity index (χ2n) is 9.61. The van der Waals surface area contributed by atoms with Gasteiger partial charge in [-0.2, -0.15) is 0 Å². The number of carbonyl (C=O) groups excluding carboxylic acids is 3. The molecule has 3 rings (SSSR count). The normalized spacial score (nSPS) is 10.7. The zero-order valence-electron chi connectivity index (χ0n) is 23.8. The van der Waals surface area contributed by atoms with Gasteiger partial charge in [-0.15, -0.1) is 0 Å². The molecule has 0 saturated carbocycles. The van der Waals surface area contributed by atoms with Gasteiger partial charge < -0.3 is 19.3 Å². The molecule has 0 unspecified atom stereocenters. The van der Waals surface area contributed by atoms with E-state index >= 15 is 0 Å². The number of allylic oxidation sites excluding steroid dienone is 1. The van der Waals surface area contributed by atoms with Crippen molar-refractivity contribution >= 4 is 23.8 Å². The summed E-state index contributed by atoms with van der Waals surface area (Å²) >= 11 is 0. The van der Waals surface area contributed by atoms with Crippen molar-refractivity contribution in [2.45, 2.75) is 32.6 Å². The summed E-state index contributed by atoms with van der Waals surface area (Å²) in [4.78, 5) is 35.6. The van der Waals surface area contributed by atoms with Crippen LogP contribution in [0.5, 0.6) is 11.5 Å². The summed E-state index contributed by atoms with van der Waals surface area (Å²) in [6.45, 7) is 9.29. The van der Waals surface area contributed by atoms with Gasteiger partial charge in [0, 0.05) is 11.6 Å². The Balaban J connectivity index is 1.46.